The second-order valence-electron chi connectivity index (χ2n) is 4.46. The summed E-state index contributed by atoms with van der Waals surface area (Å²) in [5.74, 6) is -4.17. The zero-order valence-corrected chi connectivity index (χ0v) is 12.8. The molecule has 1 aromatic heterocycles. The summed E-state index contributed by atoms with van der Waals surface area (Å²) in [5.41, 5.74) is 4.15. The molecular formula is C13H12F2N4O4S. The van der Waals surface area contributed by atoms with Crippen LogP contribution in [0.1, 0.15) is 10.5 Å². The highest BCUT2D eigenvalue weighted by molar-refractivity contribution is 7.89. The van der Waals surface area contributed by atoms with Crippen molar-refractivity contribution in [3.8, 4) is 0 Å². The number of hydrazine groups is 1. The molecule has 0 saturated carbocycles. The number of nitrogens with one attached hydrogen (secondary N) is 4. The Hall–Kier alpha value is -2.79. The number of hydrogen-bond acceptors (Lipinski definition) is 4. The summed E-state index contributed by atoms with van der Waals surface area (Å²) in [6.45, 7) is -0.832. The maximum Gasteiger partial charge on any atom is 0.286 e. The van der Waals surface area contributed by atoms with Crippen LogP contribution in [0.25, 0.3) is 0 Å². The lowest BCUT2D eigenvalue weighted by Crippen LogP contribution is -2.46. The lowest BCUT2D eigenvalue weighted by Gasteiger charge is -2.09. The molecule has 0 radical (unpaired) electrons. The third kappa shape index (κ3) is 4.14. The van der Waals surface area contributed by atoms with Gasteiger partial charge in [-0.1, -0.05) is 6.07 Å². The van der Waals surface area contributed by atoms with Gasteiger partial charge in [-0.05, 0) is 24.3 Å². The Morgan fingerprint density at radius 2 is 1.71 bits per heavy atom. The lowest BCUT2D eigenvalue weighted by atomic mass is 10.3. The Morgan fingerprint density at radius 1 is 1.04 bits per heavy atom. The van der Waals surface area contributed by atoms with Crippen LogP contribution in [0, 0.1) is 11.6 Å². The number of hydrogen-bond donors (Lipinski definition) is 4. The van der Waals surface area contributed by atoms with Crippen LogP contribution in [0.15, 0.2) is 41.4 Å². The van der Waals surface area contributed by atoms with Gasteiger partial charge in [-0.3, -0.25) is 20.4 Å². The van der Waals surface area contributed by atoms with E-state index < -0.39 is 44.9 Å². The number of carbonyl (C=O) groups is 2. The number of sulfonamides is 1. The highest BCUT2D eigenvalue weighted by Gasteiger charge is 2.24. The topological polar surface area (TPSA) is 120 Å². The average Bonchev–Trinajstić information content (AvgIpc) is 3.04. The molecule has 1 heterocycles. The van der Waals surface area contributed by atoms with Gasteiger partial charge in [0.1, 0.15) is 17.3 Å². The van der Waals surface area contributed by atoms with Gasteiger partial charge >= 0.3 is 0 Å². The monoisotopic (exact) mass is 358 g/mol. The molecule has 0 bridgehead atoms. The van der Waals surface area contributed by atoms with E-state index in [1.807, 2.05) is 10.9 Å². The van der Waals surface area contributed by atoms with Crippen LogP contribution in [0.3, 0.4) is 0 Å². The Labute approximate surface area is 135 Å². The molecule has 0 unspecified atom stereocenters. The first kappa shape index (κ1) is 17.6. The zero-order valence-electron chi connectivity index (χ0n) is 12.0. The summed E-state index contributed by atoms with van der Waals surface area (Å²) in [7, 11) is -4.58. The Bertz CT molecular complexity index is 833. The summed E-state index contributed by atoms with van der Waals surface area (Å²) in [6, 6.07) is 5.56. The third-order valence-corrected chi connectivity index (χ3v) is 4.22. The maximum atomic E-state index is 13.5. The second-order valence-corrected chi connectivity index (χ2v) is 6.17. The highest BCUT2D eigenvalue weighted by atomic mass is 32.2. The van der Waals surface area contributed by atoms with Gasteiger partial charge < -0.3 is 4.98 Å². The minimum atomic E-state index is -4.58. The lowest BCUT2D eigenvalue weighted by molar-refractivity contribution is -0.120. The number of rotatable bonds is 5. The maximum absolute atomic E-state index is 13.5. The van der Waals surface area contributed by atoms with Crippen molar-refractivity contribution < 1.29 is 26.8 Å². The number of carbonyl (C=O) groups excluding carboxylic acids is 2. The van der Waals surface area contributed by atoms with Crippen LogP contribution in [-0.2, 0) is 14.8 Å². The van der Waals surface area contributed by atoms with Gasteiger partial charge in [0.05, 0.1) is 6.54 Å². The molecule has 2 aromatic rings. The molecule has 11 heteroatoms. The van der Waals surface area contributed by atoms with Crippen molar-refractivity contribution in [1.29, 1.82) is 0 Å². The fraction of sp³-hybridized carbons (Fsp3) is 0.0769. The van der Waals surface area contributed by atoms with Gasteiger partial charge in [-0.15, -0.1) is 0 Å². The van der Waals surface area contributed by atoms with Crippen molar-refractivity contribution in [2.45, 2.75) is 4.90 Å². The molecule has 1 aromatic carbocycles. The Kier molecular flexibility index (Phi) is 5.26. The molecule has 0 atom stereocenters. The molecule has 4 N–H and O–H groups in total. The summed E-state index contributed by atoms with van der Waals surface area (Å²) in [6.07, 6.45) is 1.49. The fourth-order valence-electron chi connectivity index (χ4n) is 1.68. The van der Waals surface area contributed by atoms with Crippen molar-refractivity contribution in [2.75, 3.05) is 6.54 Å². The molecule has 128 valence electrons. The van der Waals surface area contributed by atoms with Crippen LogP contribution in [0.5, 0.6) is 0 Å². The van der Waals surface area contributed by atoms with Crippen LogP contribution in [0.2, 0.25) is 0 Å². The van der Waals surface area contributed by atoms with Crippen LogP contribution in [-0.4, -0.2) is 31.8 Å². The molecular weight excluding hydrogens is 346 g/mol. The number of amides is 2. The first-order valence-corrected chi connectivity index (χ1v) is 7.96. The van der Waals surface area contributed by atoms with E-state index in [9.17, 15) is 26.8 Å². The number of H-pyrrole nitrogens is 1. The molecule has 0 aliphatic heterocycles. The fourth-order valence-corrected chi connectivity index (χ4v) is 2.80. The normalized spacial score (nSPS) is 11.1. The largest absolute Gasteiger partial charge is 0.357 e. The van der Waals surface area contributed by atoms with Gasteiger partial charge in [0.15, 0.2) is 4.90 Å². The van der Waals surface area contributed by atoms with Gasteiger partial charge in [0.2, 0.25) is 10.0 Å². The van der Waals surface area contributed by atoms with E-state index in [-0.39, 0.29) is 5.69 Å². The predicted molar refractivity (Wildman–Crippen MR) is 77.9 cm³/mol. The van der Waals surface area contributed by atoms with E-state index in [1.54, 1.807) is 10.8 Å². The number of aromatic amines is 1. The zero-order chi connectivity index (χ0) is 17.7. The van der Waals surface area contributed by atoms with Gasteiger partial charge in [0, 0.05) is 6.20 Å². The SMILES string of the molecule is O=C(CNS(=O)(=O)c1c(F)cccc1F)NNC(=O)c1ccc[nH]1. The van der Waals surface area contributed by atoms with E-state index in [0.29, 0.717) is 0 Å². The van der Waals surface area contributed by atoms with Gasteiger partial charge in [-0.2, -0.15) is 0 Å². The number of benzene rings is 1. The Morgan fingerprint density at radius 3 is 2.29 bits per heavy atom. The van der Waals surface area contributed by atoms with Crippen molar-refractivity contribution in [3.63, 3.8) is 0 Å². The average molecular weight is 358 g/mol. The highest BCUT2D eigenvalue weighted by Crippen LogP contribution is 2.17. The van der Waals surface area contributed by atoms with E-state index >= 15 is 0 Å². The molecule has 0 aliphatic carbocycles. The van der Waals surface area contributed by atoms with E-state index in [0.717, 1.165) is 18.2 Å². The number of halogens is 2. The van der Waals surface area contributed by atoms with Crippen LogP contribution >= 0.6 is 0 Å². The summed E-state index contributed by atoms with van der Waals surface area (Å²) >= 11 is 0. The first-order valence-electron chi connectivity index (χ1n) is 6.47. The smallest absolute Gasteiger partial charge is 0.286 e. The van der Waals surface area contributed by atoms with E-state index in [2.05, 4.69) is 4.98 Å². The predicted octanol–water partition coefficient (Wildman–Crippen LogP) is 0.0324. The minimum absolute atomic E-state index is 0.171. The summed E-state index contributed by atoms with van der Waals surface area (Å²) < 4.78 is 52.3. The Balaban J connectivity index is 1.92. The van der Waals surface area contributed by atoms with Crippen LogP contribution < -0.4 is 15.6 Å². The van der Waals surface area contributed by atoms with Crippen molar-refractivity contribution in [3.05, 3.63) is 53.9 Å². The van der Waals surface area contributed by atoms with Gasteiger partial charge in [0.25, 0.3) is 11.8 Å². The third-order valence-electron chi connectivity index (χ3n) is 2.77. The molecule has 0 spiro atoms. The molecule has 0 aliphatic rings. The molecule has 24 heavy (non-hydrogen) atoms. The van der Waals surface area contributed by atoms with Gasteiger partial charge in [-0.25, -0.2) is 21.9 Å². The second kappa shape index (κ2) is 7.19. The molecule has 2 amide bonds. The van der Waals surface area contributed by atoms with E-state index in [1.165, 1.54) is 12.3 Å². The number of aromatic nitrogens is 1. The van der Waals surface area contributed by atoms with Crippen LogP contribution in [0.4, 0.5) is 8.78 Å². The molecule has 2 rings (SSSR count). The van der Waals surface area contributed by atoms with E-state index in [4.69, 9.17) is 0 Å². The molecule has 8 nitrogen and oxygen atoms in total. The van der Waals surface area contributed by atoms with Crippen molar-refractivity contribution >= 4 is 21.8 Å². The quantitative estimate of drug-likeness (QED) is 0.564. The summed E-state index contributed by atoms with van der Waals surface area (Å²) in [4.78, 5) is 24.4. The molecule has 0 fully saturated rings. The summed E-state index contributed by atoms with van der Waals surface area (Å²) in [5, 5.41) is 0. The molecule has 0 saturated heterocycles. The first-order chi connectivity index (χ1) is 11.3. The minimum Gasteiger partial charge on any atom is -0.357 e. The van der Waals surface area contributed by atoms with Crippen molar-refractivity contribution in [2.24, 2.45) is 0 Å². The van der Waals surface area contributed by atoms with Crippen molar-refractivity contribution in [1.82, 2.24) is 20.6 Å². The standard InChI is InChI=1S/C13H12F2N4O4S/c14-8-3-1-4-9(15)12(8)24(22,23)17-7-11(20)18-19-13(21)10-5-2-6-16-10/h1-6,16-17H,7H2,(H,18,20)(H,19,21).